The zero-order valence-corrected chi connectivity index (χ0v) is 33.9. The molecule has 0 N–H and O–H groups in total. The molecule has 0 aliphatic rings. The summed E-state index contributed by atoms with van der Waals surface area (Å²) in [4.78, 5) is 0. The summed E-state index contributed by atoms with van der Waals surface area (Å²) in [6.45, 7) is 20.0. The van der Waals surface area contributed by atoms with Gasteiger partial charge in [-0.3, -0.25) is 4.52 Å². The molecule has 0 unspecified atom stereocenters. The minimum Gasteiger partial charge on any atom is -0.395 e. The first-order valence-electron chi connectivity index (χ1n) is 17.4. The molecule has 5 aromatic carbocycles. The van der Waals surface area contributed by atoms with E-state index in [-0.39, 0.29) is 0 Å². The SMILES string of the molecule is CC.CC.CC.CC.CC.COP(=O)(Oc1ccccc1)Oc1ccccc1.O=P(Oc1ccccc1)(Oc1ccccc1)Oc1ccccc1. The Morgan fingerprint density at radius 2 is 0.451 bits per heavy atom. The minimum atomic E-state index is -3.89. The molecule has 280 valence electrons. The number of para-hydroxylation sites is 5. The predicted molar refractivity (Wildman–Crippen MR) is 214 cm³/mol. The average Bonchev–Trinajstić information content (AvgIpc) is 3.21. The maximum atomic E-state index is 13.1. The van der Waals surface area contributed by atoms with Crippen LogP contribution in [-0.4, -0.2) is 7.11 Å². The van der Waals surface area contributed by atoms with Crippen LogP contribution in [-0.2, 0) is 13.7 Å². The van der Waals surface area contributed by atoms with E-state index >= 15 is 0 Å². The van der Waals surface area contributed by atoms with Gasteiger partial charge >= 0.3 is 15.6 Å². The Bertz CT molecular complexity index is 1390. The fourth-order valence-corrected chi connectivity index (χ4v) is 5.40. The predicted octanol–water partition coefficient (Wildman–Crippen LogP) is 14.4. The highest BCUT2D eigenvalue weighted by atomic mass is 31.2. The molecule has 8 nitrogen and oxygen atoms in total. The Morgan fingerprint density at radius 1 is 0.294 bits per heavy atom. The number of rotatable bonds is 11. The minimum absolute atomic E-state index is 0.405. The van der Waals surface area contributed by atoms with Gasteiger partial charge in [-0.05, 0) is 60.7 Å². The molecule has 51 heavy (non-hydrogen) atoms. The summed E-state index contributed by atoms with van der Waals surface area (Å²) in [5.41, 5.74) is 0. The quantitative estimate of drug-likeness (QED) is 0.124. The maximum Gasteiger partial charge on any atom is 0.647 e. The van der Waals surface area contributed by atoms with Crippen LogP contribution in [0.1, 0.15) is 69.2 Å². The lowest BCUT2D eigenvalue weighted by atomic mass is 10.3. The van der Waals surface area contributed by atoms with Gasteiger partial charge in [0.05, 0.1) is 0 Å². The van der Waals surface area contributed by atoms with E-state index in [4.69, 9.17) is 27.1 Å². The van der Waals surface area contributed by atoms with Gasteiger partial charge in [0.1, 0.15) is 28.7 Å². The lowest BCUT2D eigenvalue weighted by Gasteiger charge is -2.19. The summed E-state index contributed by atoms with van der Waals surface area (Å²) in [6, 6.07) is 43.9. The second kappa shape index (κ2) is 31.5. The van der Waals surface area contributed by atoms with E-state index < -0.39 is 15.6 Å². The second-order valence-corrected chi connectivity index (χ2v) is 11.2. The number of hydrogen-bond donors (Lipinski definition) is 0. The Hall–Kier alpha value is -4.48. The van der Waals surface area contributed by atoms with Gasteiger partial charge in [-0.15, -0.1) is 0 Å². The molecule has 0 bridgehead atoms. The maximum absolute atomic E-state index is 13.1. The molecular formula is C41H58O8P2. The van der Waals surface area contributed by atoms with Gasteiger partial charge in [-0.2, -0.15) is 4.57 Å². The summed E-state index contributed by atoms with van der Waals surface area (Å²) < 4.78 is 57.3. The van der Waals surface area contributed by atoms with Gasteiger partial charge in [-0.1, -0.05) is 160 Å². The lowest BCUT2D eigenvalue weighted by molar-refractivity contribution is 0.250. The Labute approximate surface area is 307 Å². The zero-order chi connectivity index (χ0) is 38.8. The monoisotopic (exact) mass is 740 g/mol. The van der Waals surface area contributed by atoms with E-state index in [9.17, 15) is 9.13 Å². The Morgan fingerprint density at radius 3 is 0.608 bits per heavy atom. The number of benzene rings is 5. The molecule has 0 atom stereocenters. The summed E-state index contributed by atoms with van der Waals surface area (Å²) in [6.07, 6.45) is 0. The fraction of sp³-hybridized carbons (Fsp3) is 0.268. The van der Waals surface area contributed by atoms with Gasteiger partial charge < -0.3 is 22.6 Å². The molecule has 0 spiro atoms. The first-order chi connectivity index (χ1) is 25.0. The van der Waals surface area contributed by atoms with Gasteiger partial charge in [-0.25, -0.2) is 4.57 Å². The Kier molecular flexibility index (Phi) is 30.0. The van der Waals surface area contributed by atoms with Crippen LogP contribution in [0.4, 0.5) is 0 Å². The highest BCUT2D eigenvalue weighted by molar-refractivity contribution is 7.50. The van der Waals surface area contributed by atoms with Crippen LogP contribution in [0, 0.1) is 0 Å². The molecule has 0 aliphatic heterocycles. The van der Waals surface area contributed by atoms with Crippen molar-refractivity contribution in [3.05, 3.63) is 152 Å². The lowest BCUT2D eigenvalue weighted by Crippen LogP contribution is -2.07. The van der Waals surface area contributed by atoms with Crippen LogP contribution in [0.2, 0.25) is 0 Å². The largest absolute Gasteiger partial charge is 0.647 e. The van der Waals surface area contributed by atoms with Gasteiger partial charge in [0.15, 0.2) is 0 Å². The van der Waals surface area contributed by atoms with Crippen LogP contribution in [0.15, 0.2) is 152 Å². The van der Waals surface area contributed by atoms with Crippen LogP contribution in [0.5, 0.6) is 28.7 Å². The number of phosphoric ester groups is 2. The fourth-order valence-electron chi connectivity index (χ4n) is 3.20. The van der Waals surface area contributed by atoms with Crippen molar-refractivity contribution < 1.29 is 36.3 Å². The van der Waals surface area contributed by atoms with Crippen molar-refractivity contribution >= 4 is 15.6 Å². The third kappa shape index (κ3) is 21.4. The summed E-state index contributed by atoms with van der Waals surface area (Å²) in [5, 5.41) is 0. The molecule has 0 fully saturated rings. The average molecular weight is 741 g/mol. The summed E-state index contributed by atoms with van der Waals surface area (Å²) >= 11 is 0. The van der Waals surface area contributed by atoms with Crippen molar-refractivity contribution in [3.8, 4) is 28.7 Å². The van der Waals surface area contributed by atoms with Crippen molar-refractivity contribution in [3.63, 3.8) is 0 Å². The van der Waals surface area contributed by atoms with Crippen LogP contribution in [0.25, 0.3) is 0 Å². The van der Waals surface area contributed by atoms with E-state index in [2.05, 4.69) is 0 Å². The standard InChI is InChI=1S/C18H15O4P.C13H13O4P.5C2H6/c19-23(20-16-10-4-1-5-11-16,21-17-12-6-2-7-13-17)22-18-14-8-3-9-15-18;1-15-18(14,16-12-8-4-2-5-9-12)17-13-10-6-3-7-11-13;5*1-2/h1-15H;2-11H,1H3;5*1-2H3. The topological polar surface area (TPSA) is 89.5 Å². The summed E-state index contributed by atoms with van der Waals surface area (Å²) in [7, 11) is -6.24. The van der Waals surface area contributed by atoms with Crippen LogP contribution in [0.3, 0.4) is 0 Å². The molecule has 0 amide bonds. The smallest absolute Gasteiger partial charge is 0.395 e. The molecule has 5 rings (SSSR count). The van der Waals surface area contributed by atoms with Crippen LogP contribution < -0.4 is 22.6 Å². The van der Waals surface area contributed by atoms with Gasteiger partial charge in [0, 0.05) is 7.11 Å². The van der Waals surface area contributed by atoms with Crippen molar-refractivity contribution in [2.24, 2.45) is 0 Å². The highest BCUT2D eigenvalue weighted by Crippen LogP contribution is 2.50. The molecule has 0 heterocycles. The number of hydrogen-bond acceptors (Lipinski definition) is 8. The third-order valence-electron chi connectivity index (χ3n) is 5.03. The van der Waals surface area contributed by atoms with Crippen molar-refractivity contribution in [2.75, 3.05) is 7.11 Å². The summed E-state index contributed by atoms with van der Waals surface area (Å²) in [5.74, 6) is 2.07. The first-order valence-corrected chi connectivity index (χ1v) is 20.4. The highest BCUT2D eigenvalue weighted by Gasteiger charge is 2.33. The number of phosphoric acid groups is 2. The second-order valence-electron chi connectivity index (χ2n) is 8.10. The molecule has 0 radical (unpaired) electrons. The molecule has 0 saturated heterocycles. The van der Waals surface area contributed by atoms with Crippen LogP contribution >= 0.6 is 15.6 Å². The van der Waals surface area contributed by atoms with E-state index in [1.165, 1.54) is 7.11 Å². The van der Waals surface area contributed by atoms with Gasteiger partial charge in [0.2, 0.25) is 0 Å². The molecule has 5 aromatic rings. The first kappa shape index (κ1) is 48.6. The van der Waals surface area contributed by atoms with E-state index in [1.807, 2.05) is 99.6 Å². The Balaban J connectivity index is 0. The molecule has 0 aromatic heterocycles. The molecular weight excluding hydrogens is 682 g/mol. The van der Waals surface area contributed by atoms with E-state index in [0.717, 1.165) is 0 Å². The molecule has 0 aliphatic carbocycles. The molecule has 10 heteroatoms. The van der Waals surface area contributed by atoms with Gasteiger partial charge in [0.25, 0.3) is 0 Å². The van der Waals surface area contributed by atoms with Crippen molar-refractivity contribution in [1.82, 2.24) is 0 Å². The third-order valence-corrected chi connectivity index (χ3v) is 7.65. The van der Waals surface area contributed by atoms with E-state index in [1.54, 1.807) is 121 Å². The normalized spacial score (nSPS) is 9.31. The molecule has 0 saturated carbocycles. The van der Waals surface area contributed by atoms with Crippen molar-refractivity contribution in [1.29, 1.82) is 0 Å². The van der Waals surface area contributed by atoms with E-state index in [0.29, 0.717) is 28.7 Å². The zero-order valence-electron chi connectivity index (χ0n) is 32.1. The van der Waals surface area contributed by atoms with Crippen molar-refractivity contribution in [2.45, 2.75) is 69.2 Å².